The molecule has 0 bridgehead atoms. The lowest BCUT2D eigenvalue weighted by Gasteiger charge is -2.28. The topological polar surface area (TPSA) is 29.1 Å². The van der Waals surface area contributed by atoms with Crippen LogP contribution in [0.25, 0.3) is 0 Å². The number of hydrogen-bond donors (Lipinski definition) is 1. The maximum atomic E-state index is 11.2. The predicted octanol–water partition coefficient (Wildman–Crippen LogP) is 2.48. The first-order valence-electron chi connectivity index (χ1n) is 5.53. The van der Waals surface area contributed by atoms with Gasteiger partial charge >= 0.3 is 0 Å². The van der Waals surface area contributed by atoms with E-state index >= 15 is 0 Å². The summed E-state index contributed by atoms with van der Waals surface area (Å²) < 4.78 is 0. The number of amides is 1. The molecule has 1 aliphatic rings. The zero-order valence-corrected chi connectivity index (χ0v) is 8.81. The van der Waals surface area contributed by atoms with Gasteiger partial charge in [-0.1, -0.05) is 26.2 Å². The van der Waals surface area contributed by atoms with Crippen molar-refractivity contribution in [2.75, 3.05) is 0 Å². The van der Waals surface area contributed by atoms with Crippen LogP contribution in [-0.4, -0.2) is 11.9 Å². The number of rotatable bonds is 3. The molecule has 0 spiro atoms. The monoisotopic (exact) mass is 183 g/mol. The fourth-order valence-electron chi connectivity index (χ4n) is 2.11. The summed E-state index contributed by atoms with van der Waals surface area (Å²) >= 11 is 0. The lowest BCUT2D eigenvalue weighted by atomic mass is 9.84. The highest BCUT2D eigenvalue weighted by Crippen LogP contribution is 2.26. The van der Waals surface area contributed by atoms with Crippen molar-refractivity contribution in [1.82, 2.24) is 5.32 Å². The van der Waals surface area contributed by atoms with E-state index in [0.717, 1.165) is 5.92 Å². The van der Waals surface area contributed by atoms with E-state index in [9.17, 15) is 4.79 Å². The predicted molar refractivity (Wildman–Crippen MR) is 54.5 cm³/mol. The molecule has 1 amide bonds. The van der Waals surface area contributed by atoms with Gasteiger partial charge in [-0.3, -0.25) is 4.79 Å². The first-order valence-corrected chi connectivity index (χ1v) is 5.53. The Hall–Kier alpha value is -0.530. The van der Waals surface area contributed by atoms with Gasteiger partial charge in [0.15, 0.2) is 0 Å². The Bertz CT molecular complexity index is 161. The Kier molecular flexibility index (Phi) is 4.26. The fraction of sp³-hybridized carbons (Fsp3) is 0.909. The van der Waals surface area contributed by atoms with Gasteiger partial charge in [0.25, 0.3) is 0 Å². The number of nitrogens with one attached hydrogen (secondary N) is 1. The molecule has 1 rings (SSSR count). The van der Waals surface area contributed by atoms with Crippen molar-refractivity contribution in [3.05, 3.63) is 0 Å². The summed E-state index contributed by atoms with van der Waals surface area (Å²) in [6.45, 7) is 4.05. The van der Waals surface area contributed by atoms with Crippen LogP contribution in [0.15, 0.2) is 0 Å². The molecule has 2 heteroatoms. The Morgan fingerprint density at radius 2 is 2.00 bits per heavy atom. The van der Waals surface area contributed by atoms with Crippen LogP contribution in [0.2, 0.25) is 0 Å². The number of hydrogen-bond acceptors (Lipinski definition) is 1. The molecule has 0 aromatic rings. The van der Waals surface area contributed by atoms with Crippen LogP contribution in [0.5, 0.6) is 0 Å². The first-order chi connectivity index (χ1) is 6.24. The van der Waals surface area contributed by atoms with Crippen molar-refractivity contribution in [2.24, 2.45) is 5.92 Å². The summed E-state index contributed by atoms with van der Waals surface area (Å²) in [4.78, 5) is 11.2. The van der Waals surface area contributed by atoms with Crippen LogP contribution < -0.4 is 5.32 Å². The van der Waals surface area contributed by atoms with Crippen molar-refractivity contribution in [2.45, 2.75) is 58.4 Å². The van der Waals surface area contributed by atoms with Crippen molar-refractivity contribution in [1.29, 1.82) is 0 Å². The van der Waals surface area contributed by atoms with E-state index < -0.39 is 0 Å². The summed E-state index contributed by atoms with van der Waals surface area (Å²) in [6, 6.07) is 0.382. The average molecular weight is 183 g/mol. The van der Waals surface area contributed by atoms with Gasteiger partial charge in [-0.05, 0) is 25.7 Å². The van der Waals surface area contributed by atoms with Crippen LogP contribution in [-0.2, 0) is 4.79 Å². The average Bonchev–Trinajstić information content (AvgIpc) is 2.19. The largest absolute Gasteiger partial charge is 0.353 e. The fourth-order valence-corrected chi connectivity index (χ4v) is 2.11. The summed E-state index contributed by atoms with van der Waals surface area (Å²) in [7, 11) is 0. The third-order valence-corrected chi connectivity index (χ3v) is 3.07. The Morgan fingerprint density at radius 1 is 1.38 bits per heavy atom. The molecule has 76 valence electrons. The highest BCUT2D eigenvalue weighted by atomic mass is 16.1. The first kappa shape index (κ1) is 10.6. The molecule has 0 aliphatic heterocycles. The lowest BCUT2D eigenvalue weighted by Crippen LogP contribution is -2.38. The molecule has 13 heavy (non-hydrogen) atoms. The molecule has 1 fully saturated rings. The summed E-state index contributed by atoms with van der Waals surface area (Å²) in [5, 5.41) is 3.06. The third kappa shape index (κ3) is 3.37. The molecule has 1 unspecified atom stereocenters. The molecule has 1 N–H and O–H groups in total. The van der Waals surface area contributed by atoms with Crippen LogP contribution in [0.4, 0.5) is 0 Å². The van der Waals surface area contributed by atoms with E-state index in [1.54, 1.807) is 0 Å². The van der Waals surface area contributed by atoms with Gasteiger partial charge in [0.2, 0.25) is 5.91 Å². The third-order valence-electron chi connectivity index (χ3n) is 3.07. The van der Waals surface area contributed by atoms with Crippen molar-refractivity contribution in [3.8, 4) is 0 Å². The molecular formula is C11H21NO. The minimum Gasteiger partial charge on any atom is -0.353 e. The smallest absolute Gasteiger partial charge is 0.219 e. The molecule has 1 atom stereocenters. The molecule has 0 aromatic carbocycles. The van der Waals surface area contributed by atoms with E-state index in [1.165, 1.54) is 32.1 Å². The zero-order chi connectivity index (χ0) is 9.68. The highest BCUT2D eigenvalue weighted by molar-refractivity contribution is 5.75. The van der Waals surface area contributed by atoms with Gasteiger partial charge < -0.3 is 5.32 Å². The van der Waals surface area contributed by atoms with Crippen LogP contribution in [0, 0.1) is 5.92 Å². The SMILES string of the molecule is CCC(=O)NC(C)C1CCCCC1. The Balaban J connectivity index is 2.28. The summed E-state index contributed by atoms with van der Waals surface area (Å²) in [5.74, 6) is 0.919. The van der Waals surface area contributed by atoms with E-state index in [1.807, 2.05) is 6.92 Å². The number of carbonyl (C=O) groups excluding carboxylic acids is 1. The van der Waals surface area contributed by atoms with Gasteiger partial charge in [0.05, 0.1) is 0 Å². The molecule has 0 heterocycles. The van der Waals surface area contributed by atoms with Crippen molar-refractivity contribution >= 4 is 5.91 Å². The maximum Gasteiger partial charge on any atom is 0.219 e. The van der Waals surface area contributed by atoms with Gasteiger partial charge in [-0.25, -0.2) is 0 Å². The van der Waals surface area contributed by atoms with Crippen LogP contribution >= 0.6 is 0 Å². The van der Waals surface area contributed by atoms with Crippen LogP contribution in [0.3, 0.4) is 0 Å². The molecule has 0 radical (unpaired) electrons. The minimum absolute atomic E-state index is 0.193. The van der Waals surface area contributed by atoms with Crippen molar-refractivity contribution in [3.63, 3.8) is 0 Å². The molecular weight excluding hydrogens is 162 g/mol. The van der Waals surface area contributed by atoms with Gasteiger partial charge in [-0.15, -0.1) is 0 Å². The minimum atomic E-state index is 0.193. The molecule has 1 aliphatic carbocycles. The number of carbonyl (C=O) groups is 1. The summed E-state index contributed by atoms with van der Waals surface area (Å²) in [5.41, 5.74) is 0. The Labute approximate surface area is 81.1 Å². The van der Waals surface area contributed by atoms with E-state index in [4.69, 9.17) is 0 Å². The Morgan fingerprint density at radius 3 is 2.54 bits per heavy atom. The second-order valence-electron chi connectivity index (χ2n) is 4.11. The summed E-state index contributed by atoms with van der Waals surface area (Å²) in [6.07, 6.45) is 7.27. The van der Waals surface area contributed by atoms with Gasteiger partial charge in [-0.2, -0.15) is 0 Å². The zero-order valence-electron chi connectivity index (χ0n) is 8.81. The molecule has 0 aromatic heterocycles. The van der Waals surface area contributed by atoms with E-state index in [-0.39, 0.29) is 5.91 Å². The van der Waals surface area contributed by atoms with Gasteiger partial charge in [0, 0.05) is 12.5 Å². The van der Waals surface area contributed by atoms with E-state index in [2.05, 4.69) is 12.2 Å². The molecule has 1 saturated carbocycles. The highest BCUT2D eigenvalue weighted by Gasteiger charge is 2.20. The van der Waals surface area contributed by atoms with E-state index in [0.29, 0.717) is 12.5 Å². The van der Waals surface area contributed by atoms with Crippen molar-refractivity contribution < 1.29 is 4.79 Å². The second kappa shape index (κ2) is 5.25. The second-order valence-corrected chi connectivity index (χ2v) is 4.11. The quantitative estimate of drug-likeness (QED) is 0.715. The van der Waals surface area contributed by atoms with Gasteiger partial charge in [0.1, 0.15) is 0 Å². The standard InChI is InChI=1S/C11H21NO/c1-3-11(13)12-9(2)10-7-5-4-6-8-10/h9-10H,3-8H2,1-2H3,(H,12,13). The van der Waals surface area contributed by atoms with Crippen LogP contribution in [0.1, 0.15) is 52.4 Å². The lowest BCUT2D eigenvalue weighted by molar-refractivity contribution is -0.121. The molecule has 0 saturated heterocycles. The normalized spacial score (nSPS) is 21.1. The maximum absolute atomic E-state index is 11.2. The molecule has 2 nitrogen and oxygen atoms in total.